The molecule has 0 aliphatic heterocycles. The van der Waals surface area contributed by atoms with Gasteiger partial charge in [0.2, 0.25) is 10.0 Å². The minimum Gasteiger partial charge on any atom is -0.375 e. The molecule has 174 valence electrons. The molecular weight excluding hydrogens is 460 g/mol. The highest BCUT2D eigenvalue weighted by Gasteiger charge is 2.20. The van der Waals surface area contributed by atoms with Crippen molar-refractivity contribution in [3.63, 3.8) is 0 Å². The monoisotopic (exact) mass is 486 g/mol. The molecule has 0 unspecified atom stereocenters. The van der Waals surface area contributed by atoms with Gasteiger partial charge in [-0.3, -0.25) is 9.10 Å². The van der Waals surface area contributed by atoms with Crippen LogP contribution in [0.2, 0.25) is 5.02 Å². The number of rotatable bonds is 10. The van der Waals surface area contributed by atoms with Gasteiger partial charge >= 0.3 is 0 Å². The molecule has 0 radical (unpaired) electrons. The number of hydrogen-bond donors (Lipinski definition) is 1. The Bertz CT molecular complexity index is 1180. The number of halogens is 1. The Kier molecular flexibility index (Phi) is 8.49. The van der Waals surface area contributed by atoms with Crippen LogP contribution in [-0.2, 0) is 27.9 Å². The maximum absolute atomic E-state index is 12.4. The minimum absolute atomic E-state index is 0.134. The summed E-state index contributed by atoms with van der Waals surface area (Å²) in [6.07, 6.45) is 1.16. The van der Waals surface area contributed by atoms with Crippen molar-refractivity contribution >= 4 is 33.2 Å². The van der Waals surface area contributed by atoms with Gasteiger partial charge in [-0.05, 0) is 47.9 Å². The highest BCUT2D eigenvalue weighted by atomic mass is 35.5. The molecule has 0 bridgehead atoms. The number of carbonyl (C=O) groups excluding carboxylic acids is 1. The van der Waals surface area contributed by atoms with Gasteiger partial charge in [0.05, 0.1) is 31.7 Å². The molecule has 0 aromatic heterocycles. The van der Waals surface area contributed by atoms with Crippen LogP contribution in [0.15, 0.2) is 72.8 Å². The summed E-state index contributed by atoms with van der Waals surface area (Å²) in [5.41, 5.74) is 3.65. The second-order valence-electron chi connectivity index (χ2n) is 7.69. The third kappa shape index (κ3) is 7.32. The summed E-state index contributed by atoms with van der Waals surface area (Å²) in [6, 6.07) is 21.8. The number of ether oxygens (including phenoxy) is 1. The number of carbonyl (C=O) groups is 1. The van der Waals surface area contributed by atoms with Gasteiger partial charge in [-0.1, -0.05) is 60.1 Å². The molecule has 0 aliphatic carbocycles. The van der Waals surface area contributed by atoms with E-state index in [-0.39, 0.29) is 12.5 Å². The van der Waals surface area contributed by atoms with Gasteiger partial charge in [0.15, 0.2) is 0 Å². The van der Waals surface area contributed by atoms with E-state index in [9.17, 15) is 13.2 Å². The second kappa shape index (κ2) is 11.3. The number of sulfonamides is 1. The van der Waals surface area contributed by atoms with Crippen molar-refractivity contribution < 1.29 is 17.9 Å². The number of nitrogens with one attached hydrogen (secondary N) is 1. The van der Waals surface area contributed by atoms with Crippen molar-refractivity contribution in [1.29, 1.82) is 0 Å². The van der Waals surface area contributed by atoms with E-state index in [2.05, 4.69) is 5.32 Å². The standard InChI is InChI=1S/C25H27ClN2O4S/c1-19-8-13-23(26)16-24(19)28(33(2,30)31)17-20-9-11-22(12-10-20)25(29)27-14-15-32-18-21-6-4-3-5-7-21/h3-13,16H,14-15,17-18H2,1-2H3,(H,27,29). The molecule has 3 aromatic carbocycles. The molecule has 0 heterocycles. The Balaban J connectivity index is 1.57. The fourth-order valence-corrected chi connectivity index (χ4v) is 4.37. The Morgan fingerprint density at radius 2 is 1.70 bits per heavy atom. The first-order chi connectivity index (χ1) is 15.7. The fourth-order valence-electron chi connectivity index (χ4n) is 3.26. The van der Waals surface area contributed by atoms with E-state index in [1.807, 2.05) is 37.3 Å². The molecule has 33 heavy (non-hydrogen) atoms. The van der Waals surface area contributed by atoms with Gasteiger partial charge < -0.3 is 10.1 Å². The van der Waals surface area contributed by atoms with E-state index >= 15 is 0 Å². The predicted molar refractivity (Wildman–Crippen MR) is 132 cm³/mol. The van der Waals surface area contributed by atoms with Gasteiger partial charge in [0, 0.05) is 17.1 Å². The van der Waals surface area contributed by atoms with E-state index in [1.165, 1.54) is 4.31 Å². The van der Waals surface area contributed by atoms with Crippen molar-refractivity contribution in [2.24, 2.45) is 0 Å². The van der Waals surface area contributed by atoms with Crippen molar-refractivity contribution in [2.45, 2.75) is 20.1 Å². The lowest BCUT2D eigenvalue weighted by Crippen LogP contribution is -2.30. The molecule has 0 fully saturated rings. The van der Waals surface area contributed by atoms with Crippen LogP contribution in [0.5, 0.6) is 0 Å². The van der Waals surface area contributed by atoms with Gasteiger partial charge in [-0.2, -0.15) is 0 Å². The highest BCUT2D eigenvalue weighted by Crippen LogP contribution is 2.28. The zero-order chi connectivity index (χ0) is 23.8. The van der Waals surface area contributed by atoms with E-state index in [4.69, 9.17) is 16.3 Å². The van der Waals surface area contributed by atoms with E-state index < -0.39 is 10.0 Å². The third-order valence-electron chi connectivity index (χ3n) is 5.03. The van der Waals surface area contributed by atoms with E-state index in [0.29, 0.717) is 36.0 Å². The van der Waals surface area contributed by atoms with E-state index in [0.717, 1.165) is 22.9 Å². The number of aryl methyl sites for hydroxylation is 1. The molecule has 1 N–H and O–H groups in total. The first-order valence-corrected chi connectivity index (χ1v) is 12.7. The average Bonchev–Trinajstić information content (AvgIpc) is 2.79. The molecular formula is C25H27ClN2O4S. The molecule has 0 saturated carbocycles. The summed E-state index contributed by atoms with van der Waals surface area (Å²) in [5.74, 6) is -0.212. The van der Waals surface area contributed by atoms with Gasteiger partial charge in [0.1, 0.15) is 0 Å². The number of hydrogen-bond acceptors (Lipinski definition) is 4. The predicted octanol–water partition coefficient (Wildman–Crippen LogP) is 4.56. The zero-order valence-corrected chi connectivity index (χ0v) is 20.2. The smallest absolute Gasteiger partial charge is 0.251 e. The van der Waals surface area contributed by atoms with Crippen molar-refractivity contribution in [1.82, 2.24) is 5.32 Å². The number of benzene rings is 3. The molecule has 0 atom stereocenters. The highest BCUT2D eigenvalue weighted by molar-refractivity contribution is 7.92. The first kappa shape index (κ1) is 24.8. The molecule has 3 rings (SSSR count). The van der Waals surface area contributed by atoms with Gasteiger partial charge in [-0.25, -0.2) is 8.42 Å². The lowest BCUT2D eigenvalue weighted by Gasteiger charge is -2.24. The molecule has 1 amide bonds. The number of anilines is 1. The van der Waals surface area contributed by atoms with Crippen LogP contribution in [0.1, 0.15) is 27.0 Å². The number of amides is 1. The van der Waals surface area contributed by atoms with Gasteiger partial charge in [0.25, 0.3) is 5.91 Å². The van der Waals surface area contributed by atoms with Crippen LogP contribution >= 0.6 is 11.6 Å². The molecule has 8 heteroatoms. The Labute approximate surface area is 200 Å². The van der Waals surface area contributed by atoms with Crippen LogP contribution in [0.25, 0.3) is 0 Å². The molecule has 6 nitrogen and oxygen atoms in total. The van der Waals surface area contributed by atoms with Crippen molar-refractivity contribution in [3.05, 3.63) is 100 Å². The quantitative estimate of drug-likeness (QED) is 0.426. The van der Waals surface area contributed by atoms with Crippen LogP contribution in [0.4, 0.5) is 5.69 Å². The summed E-state index contributed by atoms with van der Waals surface area (Å²) >= 11 is 6.09. The normalized spacial score (nSPS) is 11.2. The van der Waals surface area contributed by atoms with Crippen LogP contribution in [0, 0.1) is 6.92 Å². The summed E-state index contributed by atoms with van der Waals surface area (Å²) < 4.78 is 31.8. The third-order valence-corrected chi connectivity index (χ3v) is 6.39. The van der Waals surface area contributed by atoms with Gasteiger partial charge in [-0.15, -0.1) is 0 Å². The summed E-state index contributed by atoms with van der Waals surface area (Å²) in [6.45, 7) is 3.26. The number of nitrogens with zero attached hydrogens (tertiary/aromatic N) is 1. The molecule has 0 aliphatic rings. The van der Waals surface area contributed by atoms with Crippen LogP contribution in [0.3, 0.4) is 0 Å². The zero-order valence-electron chi connectivity index (χ0n) is 18.6. The Morgan fingerprint density at radius 3 is 2.36 bits per heavy atom. The summed E-state index contributed by atoms with van der Waals surface area (Å²) in [7, 11) is -3.54. The molecule has 0 saturated heterocycles. The molecule has 3 aromatic rings. The van der Waals surface area contributed by atoms with Crippen LogP contribution < -0.4 is 9.62 Å². The summed E-state index contributed by atoms with van der Waals surface area (Å²) in [5, 5.41) is 3.29. The second-order valence-corrected chi connectivity index (χ2v) is 10.0. The maximum atomic E-state index is 12.4. The summed E-state index contributed by atoms with van der Waals surface area (Å²) in [4.78, 5) is 12.4. The minimum atomic E-state index is -3.54. The average molecular weight is 487 g/mol. The molecule has 0 spiro atoms. The first-order valence-electron chi connectivity index (χ1n) is 10.5. The largest absolute Gasteiger partial charge is 0.375 e. The Morgan fingerprint density at radius 1 is 1.00 bits per heavy atom. The lowest BCUT2D eigenvalue weighted by molar-refractivity contribution is 0.0901. The SMILES string of the molecule is Cc1ccc(Cl)cc1N(Cc1ccc(C(=O)NCCOCc2ccccc2)cc1)S(C)(=O)=O. The maximum Gasteiger partial charge on any atom is 0.251 e. The lowest BCUT2D eigenvalue weighted by atomic mass is 10.1. The topological polar surface area (TPSA) is 75.7 Å². The van der Waals surface area contributed by atoms with Crippen LogP contribution in [-0.4, -0.2) is 33.7 Å². The van der Waals surface area contributed by atoms with Crippen molar-refractivity contribution in [2.75, 3.05) is 23.7 Å². The van der Waals surface area contributed by atoms with Crippen molar-refractivity contribution in [3.8, 4) is 0 Å². The fraction of sp³-hybridized carbons (Fsp3) is 0.240. The van der Waals surface area contributed by atoms with E-state index in [1.54, 1.807) is 42.5 Å². The Hall–Kier alpha value is -2.87.